The maximum Gasteiger partial charge on any atom is 0.343 e. The molecule has 0 bridgehead atoms. The van der Waals surface area contributed by atoms with Crippen LogP contribution in [0.1, 0.15) is 27.0 Å². The average molecular weight is 436 g/mol. The van der Waals surface area contributed by atoms with E-state index >= 15 is 0 Å². The van der Waals surface area contributed by atoms with Crippen molar-refractivity contribution >= 4 is 21.7 Å². The van der Waals surface area contributed by atoms with Gasteiger partial charge in [-0.3, -0.25) is 4.31 Å². The Labute approximate surface area is 183 Å². The highest BCUT2D eigenvalue weighted by molar-refractivity contribution is 7.92. The fourth-order valence-electron chi connectivity index (χ4n) is 3.20. The number of carbonyl (C=O) groups is 1. The van der Waals surface area contributed by atoms with Gasteiger partial charge in [0.05, 0.1) is 22.7 Å². The van der Waals surface area contributed by atoms with Crippen molar-refractivity contribution < 1.29 is 17.9 Å². The number of hydrogen-bond donors (Lipinski definition) is 0. The molecule has 3 aromatic carbocycles. The lowest BCUT2D eigenvalue weighted by Crippen LogP contribution is -2.31. The van der Waals surface area contributed by atoms with E-state index in [0.717, 1.165) is 16.7 Å². The first-order chi connectivity index (χ1) is 14.8. The minimum atomic E-state index is -3.91. The topological polar surface area (TPSA) is 63.7 Å². The summed E-state index contributed by atoms with van der Waals surface area (Å²) in [6.07, 6.45) is 1.52. The third-order valence-electron chi connectivity index (χ3n) is 5.07. The van der Waals surface area contributed by atoms with Gasteiger partial charge in [0.2, 0.25) is 0 Å². The van der Waals surface area contributed by atoms with Crippen LogP contribution in [0.3, 0.4) is 0 Å². The number of carbonyl (C=O) groups excluding carboxylic acids is 1. The highest BCUT2D eigenvalue weighted by atomic mass is 32.2. The summed E-state index contributed by atoms with van der Waals surface area (Å²) in [5.41, 5.74) is 3.39. The zero-order valence-corrected chi connectivity index (χ0v) is 18.6. The molecule has 0 aliphatic carbocycles. The molecule has 0 saturated carbocycles. The van der Waals surface area contributed by atoms with Gasteiger partial charge in [0.25, 0.3) is 10.0 Å². The van der Waals surface area contributed by atoms with Gasteiger partial charge in [-0.05, 0) is 67.8 Å². The Morgan fingerprint density at radius 1 is 0.968 bits per heavy atom. The van der Waals surface area contributed by atoms with Crippen molar-refractivity contribution in [1.29, 1.82) is 0 Å². The normalized spacial score (nSPS) is 11.1. The number of para-hydroxylation sites is 1. The molecule has 0 heterocycles. The van der Waals surface area contributed by atoms with E-state index in [2.05, 4.69) is 6.58 Å². The second-order valence-electron chi connectivity index (χ2n) is 7.23. The lowest BCUT2D eigenvalue weighted by molar-refractivity contribution is 0.0732. The molecule has 0 aliphatic rings. The quantitative estimate of drug-likeness (QED) is 0.290. The van der Waals surface area contributed by atoms with E-state index in [1.165, 1.54) is 28.6 Å². The lowest BCUT2D eigenvalue weighted by atomic mass is 10.1. The maximum atomic E-state index is 13.3. The van der Waals surface area contributed by atoms with Gasteiger partial charge in [-0.1, -0.05) is 42.5 Å². The summed E-state index contributed by atoms with van der Waals surface area (Å²) < 4.78 is 33.6. The second-order valence-corrected chi connectivity index (χ2v) is 9.09. The zero-order chi connectivity index (χ0) is 22.6. The molecule has 0 unspecified atom stereocenters. The summed E-state index contributed by atoms with van der Waals surface area (Å²) in [5.74, 6) is -0.111. The SMILES string of the molecule is C=CCN(c1ccccc1)S(=O)(=O)c1cccc(C(=O)Oc2c(C)ccc(C)c2C)c1. The predicted octanol–water partition coefficient (Wildman–Crippen LogP) is 5.21. The number of aryl methyl sites for hydroxylation is 2. The van der Waals surface area contributed by atoms with Gasteiger partial charge in [0, 0.05) is 0 Å². The van der Waals surface area contributed by atoms with Crippen molar-refractivity contribution in [2.75, 3.05) is 10.8 Å². The van der Waals surface area contributed by atoms with E-state index in [1.54, 1.807) is 30.3 Å². The van der Waals surface area contributed by atoms with Crippen LogP contribution in [-0.4, -0.2) is 20.9 Å². The van der Waals surface area contributed by atoms with Crippen LogP contribution < -0.4 is 9.04 Å². The molecule has 31 heavy (non-hydrogen) atoms. The molecule has 0 radical (unpaired) electrons. The van der Waals surface area contributed by atoms with Gasteiger partial charge in [0.15, 0.2) is 0 Å². The molecular weight excluding hydrogens is 410 g/mol. The minimum Gasteiger partial charge on any atom is -0.422 e. The number of benzene rings is 3. The lowest BCUT2D eigenvalue weighted by Gasteiger charge is -2.23. The Balaban J connectivity index is 1.96. The molecule has 0 N–H and O–H groups in total. The van der Waals surface area contributed by atoms with E-state index in [0.29, 0.717) is 11.4 Å². The van der Waals surface area contributed by atoms with Gasteiger partial charge in [-0.25, -0.2) is 13.2 Å². The summed E-state index contributed by atoms with van der Waals surface area (Å²) in [6, 6.07) is 18.5. The monoisotopic (exact) mass is 435 g/mol. The molecule has 0 spiro atoms. The third-order valence-corrected chi connectivity index (χ3v) is 6.86. The fourth-order valence-corrected chi connectivity index (χ4v) is 4.68. The van der Waals surface area contributed by atoms with Crippen LogP contribution in [0.4, 0.5) is 5.69 Å². The first-order valence-corrected chi connectivity index (χ1v) is 11.3. The van der Waals surface area contributed by atoms with Crippen LogP contribution in [-0.2, 0) is 10.0 Å². The Kier molecular flexibility index (Phi) is 6.61. The van der Waals surface area contributed by atoms with Crippen LogP contribution in [0, 0.1) is 20.8 Å². The van der Waals surface area contributed by atoms with Crippen LogP contribution >= 0.6 is 0 Å². The van der Waals surface area contributed by atoms with E-state index in [1.807, 2.05) is 39.0 Å². The Hall–Kier alpha value is -3.38. The van der Waals surface area contributed by atoms with Gasteiger partial charge in [-0.15, -0.1) is 6.58 Å². The number of nitrogens with zero attached hydrogens (tertiary/aromatic N) is 1. The van der Waals surface area contributed by atoms with Crippen molar-refractivity contribution in [3.05, 3.63) is 102 Å². The molecule has 0 amide bonds. The Morgan fingerprint density at radius 2 is 1.65 bits per heavy atom. The fraction of sp³-hybridized carbons (Fsp3) is 0.160. The summed E-state index contributed by atoms with van der Waals surface area (Å²) in [6.45, 7) is 9.46. The van der Waals surface area contributed by atoms with E-state index in [4.69, 9.17) is 4.74 Å². The Morgan fingerprint density at radius 3 is 2.32 bits per heavy atom. The maximum absolute atomic E-state index is 13.3. The molecule has 5 nitrogen and oxygen atoms in total. The average Bonchev–Trinajstić information content (AvgIpc) is 2.78. The van der Waals surface area contributed by atoms with Gasteiger partial charge < -0.3 is 4.74 Å². The molecule has 0 atom stereocenters. The third kappa shape index (κ3) is 4.70. The smallest absolute Gasteiger partial charge is 0.343 e. The van der Waals surface area contributed by atoms with Crippen molar-refractivity contribution in [1.82, 2.24) is 0 Å². The summed E-state index contributed by atoms with van der Waals surface area (Å²) in [5, 5.41) is 0. The van der Waals surface area contributed by atoms with Crippen LogP contribution in [0.5, 0.6) is 5.75 Å². The van der Waals surface area contributed by atoms with Crippen LogP contribution in [0.15, 0.2) is 84.3 Å². The summed E-state index contributed by atoms with van der Waals surface area (Å²) >= 11 is 0. The first kappa shape index (κ1) is 22.3. The minimum absolute atomic E-state index is 0.00494. The number of rotatable bonds is 7. The predicted molar refractivity (Wildman–Crippen MR) is 123 cm³/mol. The van der Waals surface area contributed by atoms with E-state index in [9.17, 15) is 13.2 Å². The molecule has 3 rings (SSSR count). The van der Waals surface area contributed by atoms with Gasteiger partial charge in [-0.2, -0.15) is 0 Å². The van der Waals surface area contributed by atoms with E-state index in [-0.39, 0.29) is 17.0 Å². The van der Waals surface area contributed by atoms with Gasteiger partial charge in [0.1, 0.15) is 5.75 Å². The largest absolute Gasteiger partial charge is 0.422 e. The first-order valence-electron chi connectivity index (χ1n) is 9.83. The number of sulfonamides is 1. The van der Waals surface area contributed by atoms with Crippen LogP contribution in [0.25, 0.3) is 0 Å². The Bertz CT molecular complexity index is 1220. The number of hydrogen-bond acceptors (Lipinski definition) is 4. The highest BCUT2D eigenvalue weighted by Crippen LogP contribution is 2.28. The second kappa shape index (κ2) is 9.18. The molecular formula is C25H25NO4S. The van der Waals surface area contributed by atoms with Crippen molar-refractivity contribution in [2.24, 2.45) is 0 Å². The van der Waals surface area contributed by atoms with Crippen molar-refractivity contribution in [3.8, 4) is 5.75 Å². The molecule has 0 saturated heterocycles. The molecule has 160 valence electrons. The van der Waals surface area contributed by atoms with Crippen molar-refractivity contribution in [3.63, 3.8) is 0 Å². The van der Waals surface area contributed by atoms with Gasteiger partial charge >= 0.3 is 5.97 Å². The molecule has 0 aliphatic heterocycles. The highest BCUT2D eigenvalue weighted by Gasteiger charge is 2.25. The number of ether oxygens (including phenoxy) is 1. The molecule has 0 aromatic heterocycles. The summed E-state index contributed by atoms with van der Waals surface area (Å²) in [4.78, 5) is 12.8. The number of anilines is 1. The zero-order valence-electron chi connectivity index (χ0n) is 17.8. The molecule has 0 fully saturated rings. The van der Waals surface area contributed by atoms with Crippen LogP contribution in [0.2, 0.25) is 0 Å². The number of esters is 1. The van der Waals surface area contributed by atoms with E-state index < -0.39 is 16.0 Å². The molecule has 6 heteroatoms. The standard InChI is InChI=1S/C25H25NO4S/c1-5-16-26(22-11-7-6-8-12-22)31(28,29)23-13-9-10-21(17-23)25(27)30-24-19(3)15-14-18(2)20(24)4/h5-15,17H,1,16H2,2-4H3. The molecule has 3 aromatic rings. The van der Waals surface area contributed by atoms with Crippen molar-refractivity contribution in [2.45, 2.75) is 25.7 Å². The summed E-state index contributed by atoms with van der Waals surface area (Å²) in [7, 11) is -3.91.